The summed E-state index contributed by atoms with van der Waals surface area (Å²) in [4.78, 5) is 24.9. The predicted molar refractivity (Wildman–Crippen MR) is 105 cm³/mol. The number of hydrogen-bond acceptors (Lipinski definition) is 4. The zero-order chi connectivity index (χ0) is 18.7. The molecule has 2 heterocycles. The maximum atomic E-state index is 12.7. The third-order valence-corrected chi connectivity index (χ3v) is 5.72. The van der Waals surface area contributed by atoms with E-state index in [0.717, 1.165) is 17.7 Å². The zero-order valence-corrected chi connectivity index (χ0v) is 15.8. The van der Waals surface area contributed by atoms with E-state index in [2.05, 4.69) is 17.0 Å². The van der Waals surface area contributed by atoms with Crippen LogP contribution in [-0.2, 0) is 4.79 Å². The van der Waals surface area contributed by atoms with Crippen LogP contribution in [0.5, 0.6) is 5.75 Å². The molecule has 0 bridgehead atoms. The SMILES string of the molecule is C=CCOc1ccc([C@H]2SCC(=O)Nc3c2c(=O)[nH]n3[C@H](C)CC)cc1. The second kappa shape index (κ2) is 7.86. The van der Waals surface area contributed by atoms with Gasteiger partial charge in [-0.15, -0.1) is 11.8 Å². The molecule has 1 aliphatic rings. The summed E-state index contributed by atoms with van der Waals surface area (Å²) in [6.07, 6.45) is 2.54. The highest BCUT2D eigenvalue weighted by molar-refractivity contribution is 8.00. The maximum Gasteiger partial charge on any atom is 0.270 e. The number of carbonyl (C=O) groups is 1. The molecule has 0 unspecified atom stereocenters. The van der Waals surface area contributed by atoms with Gasteiger partial charge < -0.3 is 10.1 Å². The number of thioether (sulfide) groups is 1. The molecule has 1 aliphatic heterocycles. The predicted octanol–water partition coefficient (Wildman–Crippen LogP) is 3.49. The molecule has 0 spiro atoms. The van der Waals surface area contributed by atoms with Crippen LogP contribution in [0.3, 0.4) is 0 Å². The second-order valence-electron chi connectivity index (χ2n) is 6.24. The first-order valence-electron chi connectivity index (χ1n) is 8.64. The number of anilines is 1. The standard InChI is InChI=1S/C19H23N3O3S/c1-4-10-25-14-8-6-13(7-9-14)17-16-18(20-15(23)11-26-17)22(12(3)5-2)21-19(16)24/h4,6-9,12,17H,1,5,10-11H2,2-3H3,(H,20,23)(H,21,24)/t12-,17-/m1/s1. The number of benzene rings is 1. The number of rotatable bonds is 6. The number of hydrogen-bond donors (Lipinski definition) is 2. The molecule has 0 saturated heterocycles. The summed E-state index contributed by atoms with van der Waals surface area (Å²) >= 11 is 1.46. The smallest absolute Gasteiger partial charge is 0.270 e. The van der Waals surface area contributed by atoms with Crippen LogP contribution in [-0.4, -0.2) is 28.0 Å². The monoisotopic (exact) mass is 373 g/mol. The van der Waals surface area contributed by atoms with E-state index >= 15 is 0 Å². The van der Waals surface area contributed by atoms with Crippen molar-refractivity contribution in [2.24, 2.45) is 0 Å². The van der Waals surface area contributed by atoms with Crippen LogP contribution in [0.15, 0.2) is 41.7 Å². The number of ether oxygens (including phenoxy) is 1. The molecule has 0 radical (unpaired) electrons. The number of aromatic amines is 1. The Balaban J connectivity index is 2.02. The summed E-state index contributed by atoms with van der Waals surface area (Å²) in [5.74, 6) is 1.53. The highest BCUT2D eigenvalue weighted by Crippen LogP contribution is 2.40. The number of nitrogens with zero attached hydrogens (tertiary/aromatic N) is 1. The lowest BCUT2D eigenvalue weighted by molar-refractivity contribution is -0.113. The van der Waals surface area contributed by atoms with E-state index < -0.39 is 0 Å². The Morgan fingerprint density at radius 2 is 2.12 bits per heavy atom. The maximum absolute atomic E-state index is 12.7. The molecular formula is C19H23N3O3S. The summed E-state index contributed by atoms with van der Waals surface area (Å²) in [5.41, 5.74) is 1.40. The van der Waals surface area contributed by atoms with Crippen molar-refractivity contribution in [2.45, 2.75) is 31.6 Å². The fourth-order valence-corrected chi connectivity index (χ4v) is 4.04. The second-order valence-corrected chi connectivity index (χ2v) is 7.33. The van der Waals surface area contributed by atoms with E-state index in [4.69, 9.17) is 4.74 Å². The number of amides is 1. The van der Waals surface area contributed by atoms with E-state index in [1.165, 1.54) is 11.8 Å². The van der Waals surface area contributed by atoms with Gasteiger partial charge in [-0.05, 0) is 31.0 Å². The van der Waals surface area contributed by atoms with Gasteiger partial charge in [-0.3, -0.25) is 19.4 Å². The Labute approximate surface area is 156 Å². The first kappa shape index (κ1) is 18.4. The van der Waals surface area contributed by atoms with Gasteiger partial charge in [0, 0.05) is 6.04 Å². The van der Waals surface area contributed by atoms with Crippen molar-refractivity contribution in [3.63, 3.8) is 0 Å². The number of carbonyl (C=O) groups excluding carboxylic acids is 1. The Morgan fingerprint density at radius 3 is 2.77 bits per heavy atom. The summed E-state index contributed by atoms with van der Waals surface area (Å²) in [7, 11) is 0. The molecule has 0 saturated carbocycles. The third kappa shape index (κ3) is 3.58. The minimum atomic E-state index is -0.216. The van der Waals surface area contributed by atoms with Gasteiger partial charge in [0.15, 0.2) is 0 Å². The van der Waals surface area contributed by atoms with E-state index in [9.17, 15) is 9.59 Å². The lowest BCUT2D eigenvalue weighted by atomic mass is 10.1. The first-order valence-corrected chi connectivity index (χ1v) is 9.69. The van der Waals surface area contributed by atoms with Crippen molar-refractivity contribution in [1.29, 1.82) is 0 Å². The van der Waals surface area contributed by atoms with Gasteiger partial charge in [0.05, 0.1) is 16.6 Å². The summed E-state index contributed by atoms with van der Waals surface area (Å²) in [6, 6.07) is 7.72. The van der Waals surface area contributed by atoms with Crippen molar-refractivity contribution in [2.75, 3.05) is 17.7 Å². The molecule has 6 nitrogen and oxygen atoms in total. The van der Waals surface area contributed by atoms with Crippen LogP contribution in [0.25, 0.3) is 0 Å². The fourth-order valence-electron chi connectivity index (χ4n) is 2.91. The quantitative estimate of drug-likeness (QED) is 0.760. The minimum Gasteiger partial charge on any atom is -0.490 e. The molecule has 2 atom stereocenters. The number of aromatic nitrogens is 2. The summed E-state index contributed by atoms with van der Waals surface area (Å²) in [5, 5.41) is 5.58. The van der Waals surface area contributed by atoms with Crippen LogP contribution in [0, 0.1) is 0 Å². The van der Waals surface area contributed by atoms with Gasteiger partial charge in [-0.1, -0.05) is 31.7 Å². The van der Waals surface area contributed by atoms with Crippen molar-refractivity contribution >= 4 is 23.5 Å². The van der Waals surface area contributed by atoms with Gasteiger partial charge >= 0.3 is 0 Å². The Kier molecular flexibility index (Phi) is 5.56. The first-order chi connectivity index (χ1) is 12.5. The molecule has 26 heavy (non-hydrogen) atoms. The Bertz CT molecular complexity index is 854. The van der Waals surface area contributed by atoms with E-state index in [1.54, 1.807) is 10.8 Å². The molecule has 2 aromatic rings. The molecule has 0 aliphatic carbocycles. The fraction of sp³-hybridized carbons (Fsp3) is 0.368. The van der Waals surface area contributed by atoms with Crippen LogP contribution >= 0.6 is 11.8 Å². The molecule has 1 aromatic carbocycles. The highest BCUT2D eigenvalue weighted by atomic mass is 32.2. The number of H-pyrrole nitrogens is 1. The topological polar surface area (TPSA) is 76.1 Å². The van der Waals surface area contributed by atoms with Gasteiger partial charge in [-0.2, -0.15) is 0 Å². The van der Waals surface area contributed by atoms with Gasteiger partial charge in [0.1, 0.15) is 18.2 Å². The van der Waals surface area contributed by atoms with Gasteiger partial charge in [0.25, 0.3) is 5.56 Å². The average molecular weight is 373 g/mol. The van der Waals surface area contributed by atoms with E-state index in [1.807, 2.05) is 38.1 Å². The molecule has 138 valence electrons. The van der Waals surface area contributed by atoms with Crippen LogP contribution in [0.2, 0.25) is 0 Å². The van der Waals surface area contributed by atoms with Crippen LogP contribution in [0.4, 0.5) is 5.82 Å². The van der Waals surface area contributed by atoms with Crippen molar-refractivity contribution in [3.8, 4) is 5.75 Å². The molecule has 0 fully saturated rings. The largest absolute Gasteiger partial charge is 0.490 e. The summed E-state index contributed by atoms with van der Waals surface area (Å²) < 4.78 is 7.29. The van der Waals surface area contributed by atoms with E-state index in [-0.39, 0.29) is 22.8 Å². The molecule has 3 rings (SSSR count). The van der Waals surface area contributed by atoms with Crippen LogP contribution in [0.1, 0.15) is 42.7 Å². The van der Waals surface area contributed by atoms with Crippen LogP contribution < -0.4 is 15.6 Å². The molecule has 2 N–H and O–H groups in total. The Morgan fingerprint density at radius 1 is 1.38 bits per heavy atom. The number of nitrogens with one attached hydrogen (secondary N) is 2. The molecule has 7 heteroatoms. The van der Waals surface area contributed by atoms with Crippen molar-refractivity contribution in [3.05, 3.63) is 58.4 Å². The molecule has 1 aromatic heterocycles. The lowest BCUT2D eigenvalue weighted by Crippen LogP contribution is -2.18. The van der Waals surface area contributed by atoms with Crippen molar-refractivity contribution < 1.29 is 9.53 Å². The van der Waals surface area contributed by atoms with Gasteiger partial charge in [-0.25, -0.2) is 0 Å². The Hall–Kier alpha value is -2.41. The van der Waals surface area contributed by atoms with Gasteiger partial charge in [0.2, 0.25) is 5.91 Å². The summed E-state index contributed by atoms with van der Waals surface area (Å²) in [6.45, 7) is 8.14. The minimum absolute atomic E-state index is 0.0881. The third-order valence-electron chi connectivity index (χ3n) is 4.45. The van der Waals surface area contributed by atoms with E-state index in [0.29, 0.717) is 23.7 Å². The zero-order valence-electron chi connectivity index (χ0n) is 15.0. The molecule has 1 amide bonds. The normalized spacial score (nSPS) is 17.8. The highest BCUT2D eigenvalue weighted by Gasteiger charge is 2.31. The van der Waals surface area contributed by atoms with Crippen molar-refractivity contribution in [1.82, 2.24) is 9.78 Å². The average Bonchev–Trinajstić information content (AvgIpc) is 2.85. The lowest BCUT2D eigenvalue weighted by Gasteiger charge is -2.16. The number of fused-ring (bicyclic) bond motifs is 1. The molecular weight excluding hydrogens is 350 g/mol.